The largest absolute Gasteiger partial charge is 0.496 e. The number of rotatable bonds is 5. The third-order valence-corrected chi connectivity index (χ3v) is 3.78. The molecular formula is C15H20O3. The van der Waals surface area contributed by atoms with Gasteiger partial charge in [0.25, 0.3) is 0 Å². The first-order valence-corrected chi connectivity index (χ1v) is 6.37. The summed E-state index contributed by atoms with van der Waals surface area (Å²) in [6.07, 6.45) is 2.97. The first kappa shape index (κ1) is 12.9. The van der Waals surface area contributed by atoms with Gasteiger partial charge in [0.1, 0.15) is 5.75 Å². The quantitative estimate of drug-likeness (QED) is 0.752. The summed E-state index contributed by atoms with van der Waals surface area (Å²) >= 11 is 0. The average Bonchev–Trinajstić information content (AvgIpc) is 3.15. The highest BCUT2D eigenvalue weighted by atomic mass is 16.5. The smallest absolute Gasteiger partial charge is 0.308 e. The van der Waals surface area contributed by atoms with Gasteiger partial charge in [0.05, 0.1) is 20.1 Å². The molecule has 2 unspecified atom stereocenters. The minimum absolute atomic E-state index is 0.0586. The van der Waals surface area contributed by atoms with E-state index in [1.807, 2.05) is 12.1 Å². The zero-order chi connectivity index (χ0) is 13.1. The highest BCUT2D eigenvalue weighted by Crippen LogP contribution is 2.43. The zero-order valence-corrected chi connectivity index (χ0v) is 11.2. The first-order chi connectivity index (χ1) is 8.67. The summed E-state index contributed by atoms with van der Waals surface area (Å²) in [6.45, 7) is 2.10. The van der Waals surface area contributed by atoms with E-state index >= 15 is 0 Å². The monoisotopic (exact) mass is 248 g/mol. The Morgan fingerprint density at radius 1 is 1.39 bits per heavy atom. The van der Waals surface area contributed by atoms with Gasteiger partial charge in [-0.15, -0.1) is 0 Å². The highest BCUT2D eigenvalue weighted by molar-refractivity contribution is 5.75. The van der Waals surface area contributed by atoms with Gasteiger partial charge in [-0.05, 0) is 49.3 Å². The van der Waals surface area contributed by atoms with E-state index in [1.165, 1.54) is 18.2 Å². The van der Waals surface area contributed by atoms with Crippen LogP contribution in [0.25, 0.3) is 0 Å². The van der Waals surface area contributed by atoms with E-state index in [0.717, 1.165) is 25.0 Å². The summed E-state index contributed by atoms with van der Waals surface area (Å²) in [5.41, 5.74) is 2.51. The van der Waals surface area contributed by atoms with Crippen molar-refractivity contribution in [2.45, 2.75) is 26.2 Å². The molecule has 1 aromatic carbocycles. The van der Waals surface area contributed by atoms with Crippen molar-refractivity contribution in [1.82, 2.24) is 0 Å². The van der Waals surface area contributed by atoms with Crippen molar-refractivity contribution in [2.75, 3.05) is 14.2 Å². The number of carbonyl (C=O) groups is 1. The average molecular weight is 248 g/mol. The summed E-state index contributed by atoms with van der Waals surface area (Å²) in [5.74, 6) is 1.51. The van der Waals surface area contributed by atoms with Crippen molar-refractivity contribution in [3.05, 3.63) is 29.3 Å². The predicted octanol–water partition coefficient (Wildman–Crippen LogP) is 2.75. The van der Waals surface area contributed by atoms with Gasteiger partial charge in [-0.3, -0.25) is 4.79 Å². The van der Waals surface area contributed by atoms with Gasteiger partial charge in [-0.1, -0.05) is 12.1 Å². The Morgan fingerprint density at radius 3 is 2.83 bits per heavy atom. The number of aryl methyl sites for hydroxylation is 1. The fourth-order valence-corrected chi connectivity index (χ4v) is 2.52. The number of carbonyl (C=O) groups excluding carboxylic acids is 1. The lowest BCUT2D eigenvalue weighted by molar-refractivity contribution is -0.142. The molecule has 2 rings (SSSR count). The van der Waals surface area contributed by atoms with E-state index in [4.69, 9.17) is 9.47 Å². The highest BCUT2D eigenvalue weighted by Gasteiger charge is 2.43. The molecule has 0 aliphatic heterocycles. The summed E-state index contributed by atoms with van der Waals surface area (Å²) in [4.78, 5) is 11.3. The molecule has 0 saturated heterocycles. The molecule has 0 N–H and O–H groups in total. The van der Waals surface area contributed by atoms with Gasteiger partial charge in [0.15, 0.2) is 0 Å². The molecule has 1 fully saturated rings. The molecular weight excluding hydrogens is 228 g/mol. The summed E-state index contributed by atoms with van der Waals surface area (Å²) in [5, 5.41) is 0. The third-order valence-electron chi connectivity index (χ3n) is 3.78. The number of esters is 1. The van der Waals surface area contributed by atoms with Gasteiger partial charge in [-0.25, -0.2) is 0 Å². The Morgan fingerprint density at radius 2 is 2.17 bits per heavy atom. The Kier molecular flexibility index (Phi) is 3.90. The van der Waals surface area contributed by atoms with Crippen molar-refractivity contribution >= 4 is 5.97 Å². The lowest BCUT2D eigenvalue weighted by Crippen LogP contribution is -2.05. The summed E-state index contributed by atoms with van der Waals surface area (Å²) < 4.78 is 10.1. The number of hydrogen-bond acceptors (Lipinski definition) is 3. The second kappa shape index (κ2) is 5.42. The van der Waals surface area contributed by atoms with Crippen LogP contribution in [-0.2, 0) is 16.0 Å². The van der Waals surface area contributed by atoms with Gasteiger partial charge in [0, 0.05) is 0 Å². The molecule has 0 radical (unpaired) electrons. The molecule has 1 aromatic rings. The molecule has 0 spiro atoms. The van der Waals surface area contributed by atoms with Crippen LogP contribution in [0, 0.1) is 18.8 Å². The maximum atomic E-state index is 11.3. The molecule has 3 heteroatoms. The van der Waals surface area contributed by atoms with Crippen LogP contribution in [0.5, 0.6) is 5.75 Å². The molecule has 0 amide bonds. The Hall–Kier alpha value is -1.51. The molecule has 1 saturated carbocycles. The van der Waals surface area contributed by atoms with Crippen molar-refractivity contribution in [3.63, 3.8) is 0 Å². The molecule has 1 aliphatic carbocycles. The van der Waals surface area contributed by atoms with Crippen molar-refractivity contribution < 1.29 is 14.3 Å². The van der Waals surface area contributed by atoms with Crippen LogP contribution in [0.1, 0.15) is 24.0 Å². The van der Waals surface area contributed by atoms with Crippen LogP contribution in [-0.4, -0.2) is 20.2 Å². The fraction of sp³-hybridized carbons (Fsp3) is 0.533. The van der Waals surface area contributed by atoms with Crippen LogP contribution in [0.15, 0.2) is 18.2 Å². The minimum atomic E-state index is -0.0586. The fourth-order valence-electron chi connectivity index (χ4n) is 2.52. The zero-order valence-electron chi connectivity index (χ0n) is 11.2. The summed E-state index contributed by atoms with van der Waals surface area (Å²) in [6, 6.07) is 6.10. The van der Waals surface area contributed by atoms with Crippen LogP contribution in [0.4, 0.5) is 0 Å². The second-order valence-corrected chi connectivity index (χ2v) is 4.92. The summed E-state index contributed by atoms with van der Waals surface area (Å²) in [7, 11) is 3.16. The van der Waals surface area contributed by atoms with Crippen LogP contribution < -0.4 is 4.74 Å². The molecule has 18 heavy (non-hydrogen) atoms. The maximum Gasteiger partial charge on any atom is 0.308 e. The minimum Gasteiger partial charge on any atom is -0.496 e. The molecule has 1 aliphatic rings. The standard InChI is InChI=1S/C15H20O3/c1-10-5-4-6-14(17-2)12(10)8-7-11-9-13(11)15(16)18-3/h4-6,11,13H,7-9H2,1-3H3. The van der Waals surface area contributed by atoms with E-state index in [2.05, 4.69) is 13.0 Å². The Labute approximate surface area is 108 Å². The topological polar surface area (TPSA) is 35.5 Å². The first-order valence-electron chi connectivity index (χ1n) is 6.37. The van der Waals surface area contributed by atoms with Gasteiger partial charge in [0.2, 0.25) is 0 Å². The van der Waals surface area contributed by atoms with E-state index in [-0.39, 0.29) is 11.9 Å². The molecule has 98 valence electrons. The van der Waals surface area contributed by atoms with E-state index in [9.17, 15) is 4.79 Å². The Balaban J connectivity index is 1.94. The lowest BCUT2D eigenvalue weighted by atomic mass is 10.0. The maximum absolute atomic E-state index is 11.3. The van der Waals surface area contributed by atoms with E-state index < -0.39 is 0 Å². The van der Waals surface area contributed by atoms with E-state index in [0.29, 0.717) is 5.92 Å². The molecule has 3 nitrogen and oxygen atoms in total. The number of hydrogen-bond donors (Lipinski definition) is 0. The molecule has 2 atom stereocenters. The van der Waals surface area contributed by atoms with Crippen molar-refractivity contribution in [2.24, 2.45) is 11.8 Å². The van der Waals surface area contributed by atoms with Crippen LogP contribution in [0.2, 0.25) is 0 Å². The van der Waals surface area contributed by atoms with Crippen molar-refractivity contribution in [1.29, 1.82) is 0 Å². The number of methoxy groups -OCH3 is 2. The molecule has 0 bridgehead atoms. The number of benzene rings is 1. The molecule has 0 aromatic heterocycles. The van der Waals surface area contributed by atoms with E-state index in [1.54, 1.807) is 7.11 Å². The predicted molar refractivity (Wildman–Crippen MR) is 69.7 cm³/mol. The normalized spacial score (nSPS) is 21.5. The van der Waals surface area contributed by atoms with Gasteiger partial charge < -0.3 is 9.47 Å². The van der Waals surface area contributed by atoms with Crippen LogP contribution >= 0.6 is 0 Å². The molecule has 0 heterocycles. The van der Waals surface area contributed by atoms with Gasteiger partial charge >= 0.3 is 5.97 Å². The third kappa shape index (κ3) is 2.66. The second-order valence-electron chi connectivity index (χ2n) is 4.92. The lowest BCUT2D eigenvalue weighted by Gasteiger charge is -2.11. The Bertz CT molecular complexity index is 439. The van der Waals surface area contributed by atoms with Gasteiger partial charge in [-0.2, -0.15) is 0 Å². The van der Waals surface area contributed by atoms with Crippen LogP contribution in [0.3, 0.4) is 0 Å². The van der Waals surface area contributed by atoms with Crippen molar-refractivity contribution in [3.8, 4) is 5.75 Å². The number of ether oxygens (including phenoxy) is 2. The SMILES string of the molecule is COC(=O)C1CC1CCc1c(C)cccc1OC.